The molecular weight excluding hydrogens is 777 g/mol. The third-order valence-electron chi connectivity index (χ3n) is 14.9. The van der Waals surface area contributed by atoms with Crippen LogP contribution in [-0.4, -0.2) is 19.5 Å². The van der Waals surface area contributed by atoms with Gasteiger partial charge in [-0.05, 0) is 123 Å². The Hall–Kier alpha value is -6.91. The molecule has 0 amide bonds. The molecule has 0 spiro atoms. The van der Waals surface area contributed by atoms with Gasteiger partial charge in [0.1, 0.15) is 5.82 Å². The third kappa shape index (κ3) is 6.37. The molecule has 0 fully saturated rings. The van der Waals surface area contributed by atoms with E-state index in [-0.39, 0.29) is 16.7 Å². The molecule has 2 unspecified atom stereocenters. The second-order valence-electron chi connectivity index (χ2n) is 19.7. The minimum Gasteiger partial charge on any atom is -0.309 e. The Morgan fingerprint density at radius 2 is 1.28 bits per heavy atom. The molecule has 0 radical (unpaired) electrons. The molecule has 2 heterocycles. The van der Waals surface area contributed by atoms with E-state index in [1.54, 1.807) is 0 Å². The van der Waals surface area contributed by atoms with Crippen LogP contribution >= 0.6 is 0 Å². The number of nitrogens with zero attached hydrogens (tertiary/aromatic N) is 4. The van der Waals surface area contributed by atoms with Crippen LogP contribution in [0.1, 0.15) is 98.9 Å². The monoisotopic (exact) mass is 828 g/mol. The lowest BCUT2D eigenvalue weighted by Gasteiger charge is -2.42. The van der Waals surface area contributed by atoms with Crippen molar-refractivity contribution in [1.82, 2.24) is 19.5 Å². The van der Waals surface area contributed by atoms with Crippen molar-refractivity contribution < 1.29 is 0 Å². The second-order valence-corrected chi connectivity index (χ2v) is 19.7. The summed E-state index contributed by atoms with van der Waals surface area (Å²) in [6, 6.07) is 57.7. The molecule has 64 heavy (non-hydrogen) atoms. The summed E-state index contributed by atoms with van der Waals surface area (Å²) in [6.45, 7) is 9.70. The molecule has 0 N–H and O–H groups in total. The summed E-state index contributed by atoms with van der Waals surface area (Å²) in [6.07, 6.45) is 10.1. The van der Waals surface area contributed by atoms with Gasteiger partial charge in [-0.2, -0.15) is 0 Å². The van der Waals surface area contributed by atoms with Crippen molar-refractivity contribution in [2.24, 2.45) is 0 Å². The largest absolute Gasteiger partial charge is 0.309 e. The Balaban J connectivity index is 0.985. The molecule has 2 atom stereocenters. The molecule has 2 aromatic heterocycles. The van der Waals surface area contributed by atoms with Crippen molar-refractivity contribution in [3.8, 4) is 28.5 Å². The molecule has 4 nitrogen and oxygen atoms in total. The first-order chi connectivity index (χ1) is 31.2. The van der Waals surface area contributed by atoms with E-state index >= 15 is 0 Å². The van der Waals surface area contributed by atoms with Gasteiger partial charge in [0.2, 0.25) is 0 Å². The van der Waals surface area contributed by atoms with E-state index in [2.05, 4.69) is 196 Å². The number of fused-ring (bicyclic) bond motifs is 8. The predicted molar refractivity (Wildman–Crippen MR) is 265 cm³/mol. The van der Waals surface area contributed by atoms with Gasteiger partial charge >= 0.3 is 0 Å². The van der Waals surface area contributed by atoms with Crippen LogP contribution < -0.4 is 0 Å². The fraction of sp³-hybridized carbons (Fsp3) is 0.217. The fourth-order valence-corrected chi connectivity index (χ4v) is 11.3. The molecule has 3 aliphatic carbocycles. The zero-order valence-corrected chi connectivity index (χ0v) is 37.1. The van der Waals surface area contributed by atoms with Gasteiger partial charge < -0.3 is 4.57 Å². The zero-order chi connectivity index (χ0) is 43.2. The highest BCUT2D eigenvalue weighted by Crippen LogP contribution is 2.52. The van der Waals surface area contributed by atoms with Gasteiger partial charge in [0.25, 0.3) is 0 Å². The summed E-state index contributed by atoms with van der Waals surface area (Å²) < 4.78 is 2.49. The van der Waals surface area contributed by atoms with Crippen LogP contribution in [-0.2, 0) is 17.3 Å². The maximum Gasteiger partial charge on any atom is 0.163 e. The average molecular weight is 829 g/mol. The van der Waals surface area contributed by atoms with Crippen molar-refractivity contribution in [2.45, 2.75) is 82.5 Å². The lowest BCUT2D eigenvalue weighted by Crippen LogP contribution is -2.33. The summed E-state index contributed by atoms with van der Waals surface area (Å²) in [5.74, 6) is 2.59. The van der Waals surface area contributed by atoms with Crippen LogP contribution in [0.15, 0.2) is 175 Å². The number of benzene rings is 7. The average Bonchev–Trinajstić information content (AvgIpc) is 3.84. The molecule has 0 saturated carbocycles. The zero-order valence-electron chi connectivity index (χ0n) is 37.1. The van der Waals surface area contributed by atoms with Crippen LogP contribution in [0, 0.1) is 0 Å². The lowest BCUT2D eigenvalue weighted by atomic mass is 9.63. The molecule has 3 aliphatic rings. The van der Waals surface area contributed by atoms with E-state index in [1.807, 2.05) is 6.07 Å². The van der Waals surface area contributed by atoms with Crippen LogP contribution in [0.4, 0.5) is 0 Å². The van der Waals surface area contributed by atoms with E-state index in [9.17, 15) is 0 Å². The van der Waals surface area contributed by atoms with Crippen molar-refractivity contribution in [1.29, 1.82) is 0 Å². The maximum atomic E-state index is 5.39. The molecule has 0 aliphatic heterocycles. The first kappa shape index (κ1) is 38.7. The number of hydrogen-bond donors (Lipinski definition) is 0. The van der Waals surface area contributed by atoms with Crippen molar-refractivity contribution in [3.63, 3.8) is 0 Å². The quantitative estimate of drug-likeness (QED) is 0.161. The SMILES string of the molecule is CC1(C)CCC(C)(C)c2cc3c(cc21)c1c2ccccc2ccc1n3-c1cccc(-c2nc(-c3ccccc3)nc(C3C=CC4=C(C3)c3ccccc3C4CCc3ccccc3)n2)c1. The van der Waals surface area contributed by atoms with Crippen LogP contribution in [0.5, 0.6) is 0 Å². The molecule has 312 valence electrons. The summed E-state index contributed by atoms with van der Waals surface area (Å²) >= 11 is 0. The first-order valence-corrected chi connectivity index (χ1v) is 23.2. The molecule has 12 rings (SSSR count). The van der Waals surface area contributed by atoms with Crippen molar-refractivity contribution in [3.05, 3.63) is 209 Å². The van der Waals surface area contributed by atoms with Gasteiger partial charge in [0, 0.05) is 39.4 Å². The Kier molecular flexibility index (Phi) is 8.98. The van der Waals surface area contributed by atoms with E-state index in [0.717, 1.165) is 41.9 Å². The Morgan fingerprint density at radius 3 is 2.09 bits per heavy atom. The maximum absolute atomic E-state index is 5.39. The van der Waals surface area contributed by atoms with Crippen LogP contribution in [0.3, 0.4) is 0 Å². The number of allylic oxidation sites excluding steroid dienone is 4. The highest BCUT2D eigenvalue weighted by Gasteiger charge is 2.38. The Bertz CT molecular complexity index is 3370. The second kappa shape index (κ2) is 14.8. The number of aryl methyl sites for hydroxylation is 1. The standard InChI is InChI=1S/C60H52N4/c1-59(2)32-33-60(3,4)52-37-54-50(36-51(52)59)55-44-23-12-11-18-39(44)28-31-53(55)64(54)43-22-15-21-41(34-43)57-61-56(40-19-9-6-10-20-40)62-58(63-57)42-27-30-48-47(29-26-38-16-7-5-8-17-38)45-24-13-14-25-46(45)49(48)35-42/h5-25,27-28,30-31,34,36-37,42,47H,26,29,32-33,35H2,1-4H3. The van der Waals surface area contributed by atoms with Crippen molar-refractivity contribution >= 4 is 38.2 Å². The molecule has 4 heteroatoms. The number of rotatable bonds is 7. The van der Waals surface area contributed by atoms with Gasteiger partial charge in [0.05, 0.1) is 11.0 Å². The van der Waals surface area contributed by atoms with Gasteiger partial charge in [-0.1, -0.05) is 167 Å². The summed E-state index contributed by atoms with van der Waals surface area (Å²) in [7, 11) is 0. The topological polar surface area (TPSA) is 43.6 Å². The minimum atomic E-state index is 0.0106. The molecule has 9 aromatic rings. The van der Waals surface area contributed by atoms with Crippen molar-refractivity contribution in [2.75, 3.05) is 0 Å². The van der Waals surface area contributed by atoms with Gasteiger partial charge in [-0.3, -0.25) is 0 Å². The minimum absolute atomic E-state index is 0.0106. The van der Waals surface area contributed by atoms with E-state index < -0.39 is 0 Å². The smallest absolute Gasteiger partial charge is 0.163 e. The summed E-state index contributed by atoms with van der Waals surface area (Å²) in [4.78, 5) is 15.9. The normalized spacial score (nSPS) is 18.4. The van der Waals surface area contributed by atoms with Gasteiger partial charge in [-0.25, -0.2) is 15.0 Å². The molecular formula is C60H52N4. The van der Waals surface area contributed by atoms with Crippen LogP contribution in [0.25, 0.3) is 66.6 Å². The third-order valence-corrected chi connectivity index (χ3v) is 14.9. The van der Waals surface area contributed by atoms with Crippen LogP contribution in [0.2, 0.25) is 0 Å². The highest BCUT2D eigenvalue weighted by atomic mass is 15.0. The summed E-state index contributed by atoms with van der Waals surface area (Å²) in [5, 5.41) is 5.16. The number of hydrogen-bond acceptors (Lipinski definition) is 3. The number of aromatic nitrogens is 4. The highest BCUT2D eigenvalue weighted by molar-refractivity contribution is 6.21. The fourth-order valence-electron chi connectivity index (χ4n) is 11.3. The van der Waals surface area contributed by atoms with E-state index in [4.69, 9.17) is 15.0 Å². The Labute approximate surface area is 376 Å². The van der Waals surface area contributed by atoms with Gasteiger partial charge in [-0.15, -0.1) is 0 Å². The van der Waals surface area contributed by atoms with Gasteiger partial charge in [0.15, 0.2) is 11.6 Å². The molecule has 0 saturated heterocycles. The summed E-state index contributed by atoms with van der Waals surface area (Å²) in [5.41, 5.74) is 15.7. The predicted octanol–water partition coefficient (Wildman–Crippen LogP) is 15.0. The van der Waals surface area contributed by atoms with E-state index in [0.29, 0.717) is 17.6 Å². The first-order valence-electron chi connectivity index (χ1n) is 23.2. The molecule has 0 bridgehead atoms. The lowest BCUT2D eigenvalue weighted by molar-refractivity contribution is 0.332. The molecule has 7 aromatic carbocycles. The Morgan fingerprint density at radius 1 is 0.594 bits per heavy atom. The van der Waals surface area contributed by atoms with E-state index in [1.165, 1.54) is 84.4 Å².